The van der Waals surface area contributed by atoms with E-state index in [9.17, 15) is 4.79 Å². The molecule has 0 N–H and O–H groups in total. The van der Waals surface area contributed by atoms with Gasteiger partial charge in [-0.1, -0.05) is 23.7 Å². The number of methoxy groups -OCH3 is 2. The molecule has 0 spiro atoms. The Balaban J connectivity index is 1.46. The van der Waals surface area contributed by atoms with E-state index < -0.39 is 0 Å². The van der Waals surface area contributed by atoms with E-state index in [4.69, 9.17) is 21.1 Å². The molecule has 0 aliphatic heterocycles. The van der Waals surface area contributed by atoms with E-state index in [-0.39, 0.29) is 16.7 Å². The van der Waals surface area contributed by atoms with Crippen molar-refractivity contribution in [2.75, 3.05) is 25.7 Å². The van der Waals surface area contributed by atoms with E-state index in [1.165, 1.54) is 16.7 Å². The van der Waals surface area contributed by atoms with Gasteiger partial charge in [0.05, 0.1) is 14.2 Å². The van der Waals surface area contributed by atoms with Crippen LogP contribution in [0, 0.1) is 26.2 Å². The number of ether oxygens (including phenoxy) is 2. The molecule has 3 fully saturated rings. The van der Waals surface area contributed by atoms with Crippen LogP contribution in [0.1, 0.15) is 71.1 Å². The van der Waals surface area contributed by atoms with E-state index in [0.29, 0.717) is 22.9 Å². The Hall–Kier alpha value is -3.05. The highest BCUT2D eigenvalue weighted by Crippen LogP contribution is 2.58. The first-order chi connectivity index (χ1) is 18.2. The second kappa shape index (κ2) is 10.3. The molecule has 3 aromatic rings. The highest BCUT2D eigenvalue weighted by Gasteiger charge is 2.50. The minimum absolute atomic E-state index is 0.0209. The van der Waals surface area contributed by atoms with E-state index >= 15 is 0 Å². The fraction of sp³-hybridized carbons (Fsp3) is 0.438. The SMILES string of the molecule is COc1cc(Cl)cc(N(CC23CCC(c4cc(C)c(OC)c(C)c4)(CC2)CC3)C(=O)c2ccncc2C)c1. The van der Waals surface area contributed by atoms with E-state index in [1.54, 1.807) is 32.7 Å². The Morgan fingerprint density at radius 3 is 2.16 bits per heavy atom. The molecule has 200 valence electrons. The lowest BCUT2D eigenvalue weighted by molar-refractivity contribution is 0.0441. The molecule has 2 bridgehead atoms. The Morgan fingerprint density at radius 2 is 1.58 bits per heavy atom. The van der Waals surface area contributed by atoms with Crippen molar-refractivity contribution >= 4 is 23.2 Å². The van der Waals surface area contributed by atoms with Crippen LogP contribution in [0.15, 0.2) is 48.8 Å². The lowest BCUT2D eigenvalue weighted by Gasteiger charge is -2.55. The number of pyridine rings is 1. The third-order valence-corrected chi connectivity index (χ3v) is 9.29. The summed E-state index contributed by atoms with van der Waals surface area (Å²) in [6, 6.07) is 12.0. The van der Waals surface area contributed by atoms with Gasteiger partial charge in [0.15, 0.2) is 0 Å². The quantitative estimate of drug-likeness (QED) is 0.314. The van der Waals surface area contributed by atoms with Crippen LogP contribution in [0.25, 0.3) is 0 Å². The Morgan fingerprint density at radius 1 is 0.921 bits per heavy atom. The summed E-state index contributed by atoms with van der Waals surface area (Å²) in [6.45, 7) is 6.88. The van der Waals surface area contributed by atoms with Gasteiger partial charge in [0.25, 0.3) is 5.91 Å². The average Bonchev–Trinajstić information content (AvgIpc) is 2.92. The number of hydrogen-bond acceptors (Lipinski definition) is 4. The molecule has 0 radical (unpaired) electrons. The monoisotopic (exact) mass is 532 g/mol. The van der Waals surface area contributed by atoms with Crippen molar-refractivity contribution in [2.24, 2.45) is 5.41 Å². The zero-order valence-electron chi connectivity index (χ0n) is 23.1. The summed E-state index contributed by atoms with van der Waals surface area (Å²) >= 11 is 6.47. The van der Waals surface area contributed by atoms with Crippen molar-refractivity contribution in [1.29, 1.82) is 0 Å². The number of aromatic nitrogens is 1. The van der Waals surface area contributed by atoms with Gasteiger partial charge in [0, 0.05) is 41.3 Å². The topological polar surface area (TPSA) is 51.7 Å². The average molecular weight is 533 g/mol. The molecule has 5 nitrogen and oxygen atoms in total. The van der Waals surface area contributed by atoms with Gasteiger partial charge in [-0.05, 0) is 111 Å². The normalized spacial score (nSPS) is 22.3. The van der Waals surface area contributed by atoms with Crippen molar-refractivity contribution in [3.63, 3.8) is 0 Å². The second-order valence-electron chi connectivity index (χ2n) is 11.4. The summed E-state index contributed by atoms with van der Waals surface area (Å²) in [4.78, 5) is 20.2. The Kier molecular flexibility index (Phi) is 7.17. The molecule has 38 heavy (non-hydrogen) atoms. The number of benzene rings is 2. The van der Waals surface area contributed by atoms with E-state index in [0.717, 1.165) is 55.5 Å². The van der Waals surface area contributed by atoms with Gasteiger partial charge in [-0.15, -0.1) is 0 Å². The molecule has 3 saturated carbocycles. The minimum atomic E-state index is -0.0209. The molecule has 2 aromatic carbocycles. The molecule has 0 saturated heterocycles. The third-order valence-electron chi connectivity index (χ3n) is 9.07. The van der Waals surface area contributed by atoms with Crippen molar-refractivity contribution in [3.05, 3.63) is 81.6 Å². The highest BCUT2D eigenvalue weighted by atomic mass is 35.5. The minimum Gasteiger partial charge on any atom is -0.497 e. The summed E-state index contributed by atoms with van der Waals surface area (Å²) in [5.74, 6) is 1.61. The number of amides is 1. The van der Waals surface area contributed by atoms with Gasteiger partial charge in [0.2, 0.25) is 0 Å². The van der Waals surface area contributed by atoms with Gasteiger partial charge in [-0.25, -0.2) is 0 Å². The second-order valence-corrected chi connectivity index (χ2v) is 11.8. The number of halogens is 1. The number of hydrogen-bond donors (Lipinski definition) is 0. The van der Waals surface area contributed by atoms with Crippen molar-refractivity contribution < 1.29 is 14.3 Å². The molecule has 1 amide bonds. The van der Waals surface area contributed by atoms with Crippen LogP contribution in [-0.4, -0.2) is 31.7 Å². The predicted octanol–water partition coefficient (Wildman–Crippen LogP) is 7.62. The lowest BCUT2D eigenvalue weighted by Crippen LogP contribution is -2.50. The zero-order chi connectivity index (χ0) is 27.1. The smallest absolute Gasteiger partial charge is 0.258 e. The largest absolute Gasteiger partial charge is 0.497 e. The molecule has 0 unspecified atom stereocenters. The molecule has 3 aliphatic rings. The molecular formula is C32H37ClN2O3. The van der Waals surface area contributed by atoms with Gasteiger partial charge in [0.1, 0.15) is 11.5 Å². The molecule has 0 atom stereocenters. The van der Waals surface area contributed by atoms with Crippen LogP contribution in [0.5, 0.6) is 11.5 Å². The van der Waals surface area contributed by atoms with Crippen LogP contribution in [0.4, 0.5) is 5.69 Å². The first-order valence-corrected chi connectivity index (χ1v) is 13.8. The summed E-state index contributed by atoms with van der Waals surface area (Å²) in [6.07, 6.45) is 10.1. The standard InChI is InChI=1S/C32H37ClN2O3/c1-21-14-24(15-22(2)29(21)38-5)32-10-7-31(8-11-32,9-12-32)20-35(26-16-25(33)17-27(18-26)37-4)30(36)28-6-13-34-19-23(28)3/h6,13-19H,7-12,20H2,1-5H3. The summed E-state index contributed by atoms with van der Waals surface area (Å²) < 4.78 is 11.1. The highest BCUT2D eigenvalue weighted by molar-refractivity contribution is 6.31. The van der Waals surface area contributed by atoms with E-state index in [1.807, 2.05) is 30.0 Å². The maximum absolute atomic E-state index is 14.0. The van der Waals surface area contributed by atoms with Crippen molar-refractivity contribution in [1.82, 2.24) is 4.98 Å². The van der Waals surface area contributed by atoms with Crippen molar-refractivity contribution in [2.45, 2.75) is 64.7 Å². The number of carbonyl (C=O) groups excluding carboxylic acids is 1. The fourth-order valence-electron chi connectivity index (χ4n) is 6.81. The number of carbonyl (C=O) groups is 1. The molecule has 6 rings (SSSR count). The fourth-order valence-corrected chi connectivity index (χ4v) is 7.03. The van der Waals surface area contributed by atoms with Crippen molar-refractivity contribution in [3.8, 4) is 11.5 Å². The molecule has 1 heterocycles. The van der Waals surface area contributed by atoms with Crippen LogP contribution in [-0.2, 0) is 5.41 Å². The Labute approximate surface area is 231 Å². The third kappa shape index (κ3) is 4.77. The zero-order valence-corrected chi connectivity index (χ0v) is 23.8. The van der Waals surface area contributed by atoms with Crippen LogP contribution in [0.3, 0.4) is 0 Å². The lowest BCUT2D eigenvalue weighted by atomic mass is 9.51. The van der Waals surface area contributed by atoms with Gasteiger partial charge in [-0.3, -0.25) is 9.78 Å². The first kappa shape index (κ1) is 26.6. The molecule has 3 aliphatic carbocycles. The maximum Gasteiger partial charge on any atom is 0.258 e. The number of anilines is 1. The maximum atomic E-state index is 14.0. The predicted molar refractivity (Wildman–Crippen MR) is 153 cm³/mol. The number of aryl methyl sites for hydroxylation is 3. The van der Waals surface area contributed by atoms with Gasteiger partial charge < -0.3 is 14.4 Å². The first-order valence-electron chi connectivity index (χ1n) is 13.4. The van der Waals surface area contributed by atoms with Crippen LogP contribution in [0.2, 0.25) is 5.02 Å². The summed E-state index contributed by atoms with van der Waals surface area (Å²) in [5, 5.41) is 0.553. The van der Waals surface area contributed by atoms with Gasteiger partial charge >= 0.3 is 0 Å². The molecule has 1 aromatic heterocycles. The van der Waals surface area contributed by atoms with E-state index in [2.05, 4.69) is 31.0 Å². The number of nitrogens with zero attached hydrogens (tertiary/aromatic N) is 2. The number of rotatable bonds is 7. The molecular weight excluding hydrogens is 496 g/mol. The number of fused-ring (bicyclic) bond motifs is 3. The Bertz CT molecular complexity index is 1320. The summed E-state index contributed by atoms with van der Waals surface area (Å²) in [7, 11) is 3.37. The van der Waals surface area contributed by atoms with Gasteiger partial charge in [-0.2, -0.15) is 0 Å². The van der Waals surface area contributed by atoms with Crippen LogP contribution >= 0.6 is 11.6 Å². The molecule has 6 heteroatoms. The van der Waals surface area contributed by atoms with Crippen LogP contribution < -0.4 is 14.4 Å². The summed E-state index contributed by atoms with van der Waals surface area (Å²) in [5.41, 5.74) is 6.45.